The van der Waals surface area contributed by atoms with Gasteiger partial charge in [0.05, 0.1) is 11.6 Å². The van der Waals surface area contributed by atoms with Gasteiger partial charge in [0.15, 0.2) is 17.5 Å². The molecule has 4 fully saturated rings. The van der Waals surface area contributed by atoms with Crippen molar-refractivity contribution in [1.82, 2.24) is 15.0 Å². The number of nitrogens with zero attached hydrogens (tertiary/aromatic N) is 4. The molecule has 54 heavy (non-hydrogen) atoms. The van der Waals surface area contributed by atoms with Crippen LogP contribution in [0, 0.1) is 29.1 Å². The predicted octanol–water partition coefficient (Wildman–Crippen LogP) is 12.2. The summed E-state index contributed by atoms with van der Waals surface area (Å²) in [6, 6.07) is 55.0. The van der Waals surface area contributed by atoms with Crippen LogP contribution in [0.3, 0.4) is 0 Å². The average Bonchev–Trinajstić information content (AvgIpc) is 3.23. The van der Waals surface area contributed by atoms with Crippen LogP contribution < -0.4 is 0 Å². The summed E-state index contributed by atoms with van der Waals surface area (Å²) in [6.45, 7) is 0. The zero-order valence-electron chi connectivity index (χ0n) is 30.2. The zero-order valence-corrected chi connectivity index (χ0v) is 30.2. The molecule has 11 rings (SSSR count). The van der Waals surface area contributed by atoms with E-state index in [1.165, 1.54) is 49.7 Å². The minimum absolute atomic E-state index is 0.366. The summed E-state index contributed by atoms with van der Waals surface area (Å²) in [5.41, 5.74) is 11.7. The van der Waals surface area contributed by atoms with Crippen LogP contribution in [0.15, 0.2) is 152 Å². The summed E-state index contributed by atoms with van der Waals surface area (Å²) in [6.07, 6.45) is 8.46. The Balaban J connectivity index is 1.10. The van der Waals surface area contributed by atoms with E-state index in [0.717, 1.165) is 62.3 Å². The molecule has 4 heteroatoms. The molecule has 6 aromatic carbocycles. The Morgan fingerprint density at radius 3 is 1.57 bits per heavy atom. The Morgan fingerprint density at radius 2 is 0.926 bits per heavy atom. The maximum atomic E-state index is 9.60. The largest absolute Gasteiger partial charge is 0.208 e. The van der Waals surface area contributed by atoms with Gasteiger partial charge in [0.25, 0.3) is 0 Å². The number of hydrogen-bond donors (Lipinski definition) is 0. The van der Waals surface area contributed by atoms with Crippen LogP contribution in [0.2, 0.25) is 0 Å². The van der Waals surface area contributed by atoms with Crippen LogP contribution in [0.25, 0.3) is 67.5 Å². The van der Waals surface area contributed by atoms with Gasteiger partial charge in [0, 0.05) is 16.7 Å². The number of benzene rings is 6. The van der Waals surface area contributed by atoms with Gasteiger partial charge < -0.3 is 0 Å². The van der Waals surface area contributed by atoms with Crippen LogP contribution in [0.4, 0.5) is 0 Å². The van der Waals surface area contributed by atoms with Crippen molar-refractivity contribution < 1.29 is 0 Å². The standard InChI is InChI=1S/C50H40N4/c51-32-33-10-9-15-40(27-33)41-20-23-45(46(28-41)37-11-3-1-4-12-37)49-53-47(39-13-5-2-6-14-39)52-48(54-49)44-17-8-7-16-43(44)38-18-21-42(22-19-38)50-29-34-24-35(30-50)26-36(25-34)31-50/h1-23,27-28,34-36H,24-26,29-31H2. The molecule has 260 valence electrons. The molecule has 4 aliphatic carbocycles. The lowest BCUT2D eigenvalue weighted by atomic mass is 9.48. The Kier molecular flexibility index (Phi) is 8.02. The Labute approximate surface area is 317 Å². The van der Waals surface area contributed by atoms with Crippen LogP contribution in [-0.4, -0.2) is 15.0 Å². The highest BCUT2D eigenvalue weighted by atomic mass is 15.0. The van der Waals surface area contributed by atoms with Crippen molar-refractivity contribution >= 4 is 0 Å². The van der Waals surface area contributed by atoms with Crippen molar-refractivity contribution in [3.63, 3.8) is 0 Å². The summed E-state index contributed by atoms with van der Waals surface area (Å²) < 4.78 is 0. The number of aromatic nitrogens is 3. The molecule has 1 heterocycles. The molecule has 0 amide bonds. The van der Waals surface area contributed by atoms with E-state index in [2.05, 4.69) is 109 Å². The molecule has 7 aromatic rings. The van der Waals surface area contributed by atoms with Crippen LogP contribution in [0.1, 0.15) is 49.7 Å². The lowest BCUT2D eigenvalue weighted by Gasteiger charge is -2.57. The van der Waals surface area contributed by atoms with Gasteiger partial charge in [-0.05, 0) is 125 Å². The molecule has 4 saturated carbocycles. The topological polar surface area (TPSA) is 62.5 Å². The monoisotopic (exact) mass is 696 g/mol. The molecular formula is C50H40N4. The van der Waals surface area contributed by atoms with Gasteiger partial charge in [0.2, 0.25) is 0 Å². The minimum Gasteiger partial charge on any atom is -0.208 e. The molecule has 0 aliphatic heterocycles. The maximum absolute atomic E-state index is 9.60. The fourth-order valence-electron chi connectivity index (χ4n) is 10.3. The van der Waals surface area contributed by atoms with Crippen LogP contribution in [0.5, 0.6) is 0 Å². The van der Waals surface area contributed by atoms with Gasteiger partial charge in [-0.2, -0.15) is 5.26 Å². The molecule has 4 aliphatic rings. The quantitative estimate of drug-likeness (QED) is 0.166. The van der Waals surface area contributed by atoms with E-state index in [4.69, 9.17) is 15.0 Å². The first-order valence-corrected chi connectivity index (χ1v) is 19.3. The number of rotatable bonds is 7. The van der Waals surface area contributed by atoms with Crippen molar-refractivity contribution in [3.05, 3.63) is 163 Å². The van der Waals surface area contributed by atoms with E-state index >= 15 is 0 Å². The van der Waals surface area contributed by atoms with Crippen LogP contribution in [-0.2, 0) is 5.41 Å². The van der Waals surface area contributed by atoms with Crippen LogP contribution >= 0.6 is 0 Å². The first-order valence-electron chi connectivity index (χ1n) is 19.3. The van der Waals surface area contributed by atoms with Gasteiger partial charge in [-0.25, -0.2) is 15.0 Å². The molecular weight excluding hydrogens is 657 g/mol. The maximum Gasteiger partial charge on any atom is 0.164 e. The highest BCUT2D eigenvalue weighted by molar-refractivity contribution is 5.87. The molecule has 4 nitrogen and oxygen atoms in total. The fourth-order valence-corrected chi connectivity index (χ4v) is 10.3. The van der Waals surface area contributed by atoms with Gasteiger partial charge in [-0.15, -0.1) is 0 Å². The highest BCUT2D eigenvalue weighted by Crippen LogP contribution is 2.60. The van der Waals surface area contributed by atoms with Gasteiger partial charge in [0.1, 0.15) is 0 Å². The van der Waals surface area contributed by atoms with E-state index < -0.39 is 0 Å². The van der Waals surface area contributed by atoms with E-state index in [9.17, 15) is 5.26 Å². The summed E-state index contributed by atoms with van der Waals surface area (Å²) in [5.74, 6) is 4.64. The van der Waals surface area contributed by atoms with E-state index in [1.807, 2.05) is 48.5 Å². The summed E-state index contributed by atoms with van der Waals surface area (Å²) in [7, 11) is 0. The highest BCUT2D eigenvalue weighted by Gasteiger charge is 2.51. The van der Waals surface area contributed by atoms with E-state index in [-0.39, 0.29) is 0 Å². The molecule has 0 spiro atoms. The van der Waals surface area contributed by atoms with E-state index in [1.54, 1.807) is 0 Å². The second-order valence-corrected chi connectivity index (χ2v) is 15.8. The molecule has 0 atom stereocenters. The summed E-state index contributed by atoms with van der Waals surface area (Å²) >= 11 is 0. The SMILES string of the molecule is N#Cc1cccc(-c2ccc(-c3nc(-c4ccccc4)nc(-c4ccccc4-c4ccc(C56CC7CC(CC(C7)C5)C6)cc4)n3)c(-c3ccccc3)c2)c1. The number of nitriles is 1. The van der Waals surface area contributed by atoms with Crippen molar-refractivity contribution in [2.24, 2.45) is 17.8 Å². The van der Waals surface area contributed by atoms with Gasteiger partial charge in [-0.3, -0.25) is 0 Å². The lowest BCUT2D eigenvalue weighted by molar-refractivity contribution is -0.00518. The van der Waals surface area contributed by atoms with Gasteiger partial charge >= 0.3 is 0 Å². The van der Waals surface area contributed by atoms with Gasteiger partial charge in [-0.1, -0.05) is 127 Å². The molecule has 0 unspecified atom stereocenters. The Hall–Kier alpha value is -6.18. The molecule has 1 aromatic heterocycles. The second kappa shape index (κ2) is 13.3. The lowest BCUT2D eigenvalue weighted by Crippen LogP contribution is -2.48. The molecule has 0 saturated heterocycles. The van der Waals surface area contributed by atoms with Crippen molar-refractivity contribution in [3.8, 4) is 73.6 Å². The molecule has 0 N–H and O–H groups in total. The summed E-state index contributed by atoms with van der Waals surface area (Å²) in [5, 5.41) is 9.60. The zero-order chi connectivity index (χ0) is 36.1. The minimum atomic E-state index is 0.366. The fraction of sp³-hybridized carbons (Fsp3) is 0.200. The Bertz CT molecular complexity index is 2500. The second-order valence-electron chi connectivity index (χ2n) is 15.8. The smallest absolute Gasteiger partial charge is 0.164 e. The number of hydrogen-bond acceptors (Lipinski definition) is 4. The first-order chi connectivity index (χ1) is 26.6. The third-order valence-electron chi connectivity index (χ3n) is 12.4. The van der Waals surface area contributed by atoms with Crippen molar-refractivity contribution in [2.75, 3.05) is 0 Å². The third kappa shape index (κ3) is 5.91. The summed E-state index contributed by atoms with van der Waals surface area (Å²) in [4.78, 5) is 15.6. The molecule has 4 bridgehead atoms. The third-order valence-corrected chi connectivity index (χ3v) is 12.4. The normalized spacial score (nSPS) is 21.1. The predicted molar refractivity (Wildman–Crippen MR) is 217 cm³/mol. The average molecular weight is 697 g/mol. The van der Waals surface area contributed by atoms with E-state index in [0.29, 0.717) is 28.5 Å². The first kappa shape index (κ1) is 32.5. The Morgan fingerprint density at radius 1 is 0.426 bits per heavy atom. The van der Waals surface area contributed by atoms with Crippen molar-refractivity contribution in [2.45, 2.75) is 43.9 Å². The van der Waals surface area contributed by atoms with Crippen molar-refractivity contribution in [1.29, 1.82) is 5.26 Å². The molecule has 0 radical (unpaired) electrons.